The molecule has 2 unspecified atom stereocenters. The molecule has 1 amide bonds. The number of carbonyl (C=O) groups is 1. The second-order valence-corrected chi connectivity index (χ2v) is 6.21. The zero-order chi connectivity index (χ0) is 16.9. The molecule has 24 heavy (non-hydrogen) atoms. The van der Waals surface area contributed by atoms with Crippen LogP contribution < -0.4 is 4.74 Å². The minimum Gasteiger partial charge on any atom is -0.497 e. The van der Waals surface area contributed by atoms with Crippen molar-refractivity contribution in [3.8, 4) is 5.75 Å². The van der Waals surface area contributed by atoms with Gasteiger partial charge in [-0.1, -0.05) is 42.5 Å². The molecule has 0 radical (unpaired) electrons. The third-order valence-corrected chi connectivity index (χ3v) is 4.72. The Hall–Kier alpha value is -2.33. The summed E-state index contributed by atoms with van der Waals surface area (Å²) >= 11 is 0. The normalized spacial score (nSPS) is 20.9. The minimum absolute atomic E-state index is 0.0554. The van der Waals surface area contributed by atoms with E-state index in [0.717, 1.165) is 23.3 Å². The fourth-order valence-electron chi connectivity index (χ4n) is 3.43. The quantitative estimate of drug-likeness (QED) is 0.918. The van der Waals surface area contributed by atoms with E-state index in [0.29, 0.717) is 13.0 Å². The van der Waals surface area contributed by atoms with Crippen molar-refractivity contribution < 1.29 is 14.6 Å². The number of carbonyl (C=O) groups excluding carboxylic acids is 1. The lowest BCUT2D eigenvalue weighted by atomic mass is 9.84. The van der Waals surface area contributed by atoms with Gasteiger partial charge in [0.15, 0.2) is 0 Å². The molecule has 0 bridgehead atoms. The Morgan fingerprint density at radius 1 is 1.12 bits per heavy atom. The van der Waals surface area contributed by atoms with E-state index in [4.69, 9.17) is 4.74 Å². The van der Waals surface area contributed by atoms with Gasteiger partial charge < -0.3 is 14.7 Å². The summed E-state index contributed by atoms with van der Waals surface area (Å²) in [6.07, 6.45) is 1.21. The van der Waals surface area contributed by atoms with Gasteiger partial charge in [-0.15, -0.1) is 0 Å². The second-order valence-electron chi connectivity index (χ2n) is 6.21. The van der Waals surface area contributed by atoms with Crippen molar-refractivity contribution in [3.05, 3.63) is 65.7 Å². The van der Waals surface area contributed by atoms with Gasteiger partial charge in [0.2, 0.25) is 5.91 Å². The average molecular weight is 325 g/mol. The van der Waals surface area contributed by atoms with Crippen molar-refractivity contribution in [2.75, 3.05) is 13.7 Å². The maximum atomic E-state index is 12.6. The Labute approximate surface area is 142 Å². The number of nitrogens with zero attached hydrogens (tertiary/aromatic N) is 1. The molecule has 3 rings (SSSR count). The molecular formula is C20H23NO3. The summed E-state index contributed by atoms with van der Waals surface area (Å²) in [6.45, 7) is 0.641. The molecule has 0 aromatic heterocycles. The predicted octanol–water partition coefficient (Wildman–Crippen LogP) is 3.17. The summed E-state index contributed by atoms with van der Waals surface area (Å²) in [4.78, 5) is 14.5. The number of piperidine rings is 1. The Balaban J connectivity index is 1.92. The van der Waals surface area contributed by atoms with Crippen molar-refractivity contribution in [1.29, 1.82) is 0 Å². The van der Waals surface area contributed by atoms with Crippen LogP contribution in [0, 0.1) is 5.92 Å². The van der Waals surface area contributed by atoms with Crippen molar-refractivity contribution >= 4 is 5.91 Å². The van der Waals surface area contributed by atoms with Gasteiger partial charge in [-0.05, 0) is 29.7 Å². The van der Waals surface area contributed by atoms with Crippen molar-refractivity contribution in [2.24, 2.45) is 5.92 Å². The van der Waals surface area contributed by atoms with E-state index < -0.39 is 0 Å². The first kappa shape index (κ1) is 16.5. The van der Waals surface area contributed by atoms with E-state index in [1.54, 1.807) is 7.11 Å². The zero-order valence-corrected chi connectivity index (χ0v) is 13.9. The van der Waals surface area contributed by atoms with Crippen LogP contribution in [0.25, 0.3) is 0 Å². The van der Waals surface area contributed by atoms with E-state index in [1.165, 1.54) is 0 Å². The number of likely N-dealkylation sites (tertiary alicyclic amines) is 1. The minimum atomic E-state index is -0.109. The molecule has 2 atom stereocenters. The monoisotopic (exact) mass is 325 g/mol. The van der Waals surface area contributed by atoms with Gasteiger partial charge in [0.05, 0.1) is 13.2 Å². The molecule has 126 valence electrons. The van der Waals surface area contributed by atoms with Gasteiger partial charge in [0.25, 0.3) is 0 Å². The largest absolute Gasteiger partial charge is 0.497 e. The van der Waals surface area contributed by atoms with Crippen LogP contribution in [-0.2, 0) is 11.3 Å². The number of rotatable bonds is 5. The third-order valence-electron chi connectivity index (χ3n) is 4.72. The summed E-state index contributed by atoms with van der Waals surface area (Å²) in [5, 5.41) is 9.83. The van der Waals surface area contributed by atoms with E-state index in [1.807, 2.05) is 59.5 Å². The van der Waals surface area contributed by atoms with Gasteiger partial charge in [0.1, 0.15) is 5.75 Å². The SMILES string of the molecule is COc1ccc(C2C(CO)CCC(=O)N2Cc2ccccc2)cc1. The molecule has 1 N–H and O–H groups in total. The third kappa shape index (κ3) is 3.44. The fourth-order valence-corrected chi connectivity index (χ4v) is 3.43. The number of ether oxygens (including phenoxy) is 1. The number of hydrogen-bond acceptors (Lipinski definition) is 3. The van der Waals surface area contributed by atoms with E-state index in [9.17, 15) is 9.90 Å². The van der Waals surface area contributed by atoms with Crippen LogP contribution in [0.3, 0.4) is 0 Å². The molecule has 2 aromatic carbocycles. The first-order valence-corrected chi connectivity index (χ1v) is 8.31. The van der Waals surface area contributed by atoms with Crippen LogP contribution in [-0.4, -0.2) is 29.6 Å². The average Bonchev–Trinajstić information content (AvgIpc) is 2.64. The molecule has 4 heteroatoms. The summed E-state index contributed by atoms with van der Waals surface area (Å²) in [5.41, 5.74) is 2.14. The van der Waals surface area contributed by atoms with E-state index >= 15 is 0 Å². The fraction of sp³-hybridized carbons (Fsp3) is 0.350. The predicted molar refractivity (Wildman–Crippen MR) is 92.5 cm³/mol. The lowest BCUT2D eigenvalue weighted by Gasteiger charge is -2.41. The number of methoxy groups -OCH3 is 1. The number of amides is 1. The maximum absolute atomic E-state index is 12.6. The van der Waals surface area contributed by atoms with Crippen molar-refractivity contribution in [2.45, 2.75) is 25.4 Å². The second kappa shape index (κ2) is 7.49. The molecule has 0 aliphatic carbocycles. The highest BCUT2D eigenvalue weighted by Crippen LogP contribution is 2.38. The highest BCUT2D eigenvalue weighted by atomic mass is 16.5. The van der Waals surface area contributed by atoms with Gasteiger partial charge in [-0.25, -0.2) is 0 Å². The van der Waals surface area contributed by atoms with Crippen molar-refractivity contribution in [3.63, 3.8) is 0 Å². The van der Waals surface area contributed by atoms with Crippen LogP contribution in [0.5, 0.6) is 5.75 Å². The van der Waals surface area contributed by atoms with Crippen molar-refractivity contribution in [1.82, 2.24) is 4.90 Å². The smallest absolute Gasteiger partial charge is 0.223 e. The van der Waals surface area contributed by atoms with Crippen LogP contribution in [0.15, 0.2) is 54.6 Å². The Kier molecular flexibility index (Phi) is 5.16. The lowest BCUT2D eigenvalue weighted by Crippen LogP contribution is -2.43. The van der Waals surface area contributed by atoms with Crippen LogP contribution in [0.1, 0.15) is 30.0 Å². The molecule has 1 aliphatic heterocycles. The number of aliphatic hydroxyl groups excluding tert-OH is 1. The number of hydrogen-bond donors (Lipinski definition) is 1. The highest BCUT2D eigenvalue weighted by Gasteiger charge is 2.36. The van der Waals surface area contributed by atoms with Crippen LogP contribution >= 0.6 is 0 Å². The molecule has 2 aromatic rings. The molecule has 4 nitrogen and oxygen atoms in total. The first-order valence-electron chi connectivity index (χ1n) is 8.31. The van der Waals surface area contributed by atoms with Gasteiger partial charge in [0, 0.05) is 25.5 Å². The maximum Gasteiger partial charge on any atom is 0.223 e. The molecule has 0 saturated carbocycles. The Bertz CT molecular complexity index is 669. The zero-order valence-electron chi connectivity index (χ0n) is 13.9. The standard InChI is InChI=1S/C20H23NO3/c1-24-18-10-7-16(8-11-18)20-17(14-22)9-12-19(23)21(20)13-15-5-3-2-4-6-15/h2-8,10-11,17,20,22H,9,12-14H2,1H3. The van der Waals surface area contributed by atoms with Gasteiger partial charge in [-0.3, -0.25) is 4.79 Å². The van der Waals surface area contributed by atoms with E-state index in [-0.39, 0.29) is 24.5 Å². The first-order chi connectivity index (χ1) is 11.7. The molecular weight excluding hydrogens is 302 g/mol. The molecule has 0 spiro atoms. The summed E-state index contributed by atoms with van der Waals surface area (Å²) in [7, 11) is 1.64. The summed E-state index contributed by atoms with van der Waals surface area (Å²) < 4.78 is 5.22. The summed E-state index contributed by atoms with van der Waals surface area (Å²) in [6, 6.07) is 17.7. The molecule has 1 heterocycles. The van der Waals surface area contributed by atoms with Crippen LogP contribution in [0.4, 0.5) is 0 Å². The molecule has 1 aliphatic rings. The highest BCUT2D eigenvalue weighted by molar-refractivity contribution is 5.77. The summed E-state index contributed by atoms with van der Waals surface area (Å²) in [5.74, 6) is 0.986. The molecule has 1 fully saturated rings. The lowest BCUT2D eigenvalue weighted by molar-refractivity contribution is -0.140. The Morgan fingerprint density at radius 3 is 2.46 bits per heavy atom. The van der Waals surface area contributed by atoms with Crippen LogP contribution in [0.2, 0.25) is 0 Å². The van der Waals surface area contributed by atoms with Gasteiger partial charge >= 0.3 is 0 Å². The van der Waals surface area contributed by atoms with Gasteiger partial charge in [-0.2, -0.15) is 0 Å². The molecule has 1 saturated heterocycles. The van der Waals surface area contributed by atoms with E-state index in [2.05, 4.69) is 0 Å². The topological polar surface area (TPSA) is 49.8 Å². The number of aliphatic hydroxyl groups is 1. The Morgan fingerprint density at radius 2 is 1.83 bits per heavy atom. The number of benzene rings is 2.